The van der Waals surface area contributed by atoms with Gasteiger partial charge in [0.15, 0.2) is 0 Å². The van der Waals surface area contributed by atoms with Crippen LogP contribution in [0.2, 0.25) is 0 Å². The van der Waals surface area contributed by atoms with Crippen molar-refractivity contribution in [1.29, 1.82) is 0 Å². The molecule has 0 radical (unpaired) electrons. The third-order valence-electron chi connectivity index (χ3n) is 9.71. The quantitative estimate of drug-likeness (QED) is 0.452. The topological polar surface area (TPSA) is 88.6 Å². The molecule has 1 aromatic carbocycles. The second kappa shape index (κ2) is 11.7. The number of hydrogen-bond donors (Lipinski definition) is 1. The molecule has 9 heteroatoms. The number of carbonyl (C=O) groups excluding carboxylic acids is 1. The van der Waals surface area contributed by atoms with Gasteiger partial charge in [0.2, 0.25) is 5.91 Å². The highest BCUT2D eigenvalue weighted by atomic mass is 16.5. The van der Waals surface area contributed by atoms with Crippen molar-refractivity contribution in [3.63, 3.8) is 0 Å². The van der Waals surface area contributed by atoms with E-state index in [1.165, 1.54) is 5.56 Å². The zero-order valence-electron chi connectivity index (χ0n) is 24.7. The fraction of sp³-hybridized carbons (Fsp3) is 0.562. The van der Waals surface area contributed by atoms with E-state index in [1.807, 2.05) is 22.7 Å². The van der Waals surface area contributed by atoms with E-state index in [-0.39, 0.29) is 23.5 Å². The number of carbonyl (C=O) groups is 1. The molecule has 1 aliphatic carbocycles. The maximum atomic E-state index is 12.8. The third-order valence-corrected chi connectivity index (χ3v) is 9.71. The van der Waals surface area contributed by atoms with Crippen molar-refractivity contribution in [2.75, 3.05) is 65.0 Å². The SMILES string of the molecule is COC[C@H](C)N1CCC(OC)(c2ccc(-c3cc4c(N5CCN(C(=O)C6CC(N)C6)CC5)ccnn4c3)cc2)CC1. The Bertz CT molecular complexity index is 1340. The van der Waals surface area contributed by atoms with Gasteiger partial charge >= 0.3 is 0 Å². The van der Waals surface area contributed by atoms with Crippen LogP contribution in [0.5, 0.6) is 0 Å². The molecule has 2 saturated heterocycles. The van der Waals surface area contributed by atoms with Gasteiger partial charge in [-0.25, -0.2) is 4.52 Å². The second-order valence-electron chi connectivity index (χ2n) is 12.1. The minimum atomic E-state index is -0.254. The Balaban J connectivity index is 1.14. The van der Waals surface area contributed by atoms with Crippen LogP contribution in [0.1, 0.15) is 38.2 Å². The van der Waals surface area contributed by atoms with Gasteiger partial charge in [0, 0.05) is 89.4 Å². The minimum absolute atomic E-state index is 0.125. The van der Waals surface area contributed by atoms with Gasteiger partial charge < -0.3 is 25.0 Å². The summed E-state index contributed by atoms with van der Waals surface area (Å²) in [5.74, 6) is 0.404. The summed E-state index contributed by atoms with van der Waals surface area (Å²) in [5.41, 5.74) is 11.4. The first kappa shape index (κ1) is 28.2. The number of amides is 1. The molecule has 1 saturated carbocycles. The summed E-state index contributed by atoms with van der Waals surface area (Å²) in [5, 5.41) is 4.60. The van der Waals surface area contributed by atoms with Crippen molar-refractivity contribution in [2.24, 2.45) is 11.7 Å². The molecule has 0 bridgehead atoms. The molecule has 220 valence electrons. The first-order valence-corrected chi connectivity index (χ1v) is 15.1. The van der Waals surface area contributed by atoms with Crippen LogP contribution in [0, 0.1) is 5.92 Å². The summed E-state index contributed by atoms with van der Waals surface area (Å²) < 4.78 is 13.5. The van der Waals surface area contributed by atoms with E-state index in [0.717, 1.165) is 93.9 Å². The molecule has 1 atom stereocenters. The number of ether oxygens (including phenoxy) is 2. The van der Waals surface area contributed by atoms with Crippen LogP contribution in [-0.4, -0.2) is 97.5 Å². The average molecular weight is 561 g/mol. The van der Waals surface area contributed by atoms with E-state index < -0.39 is 0 Å². The zero-order chi connectivity index (χ0) is 28.6. The number of likely N-dealkylation sites (tertiary alicyclic amines) is 1. The number of aromatic nitrogens is 2. The molecule has 2 aliphatic heterocycles. The summed E-state index contributed by atoms with van der Waals surface area (Å²) in [6, 6.07) is 13.8. The number of nitrogens with zero attached hydrogens (tertiary/aromatic N) is 5. The smallest absolute Gasteiger partial charge is 0.225 e. The Hall–Kier alpha value is -2.98. The average Bonchev–Trinajstić information content (AvgIpc) is 3.44. The molecule has 41 heavy (non-hydrogen) atoms. The Morgan fingerprint density at radius 3 is 2.37 bits per heavy atom. The van der Waals surface area contributed by atoms with Gasteiger partial charge in [-0.2, -0.15) is 5.10 Å². The normalized spacial score (nSPS) is 23.9. The van der Waals surface area contributed by atoms with Crippen molar-refractivity contribution < 1.29 is 14.3 Å². The van der Waals surface area contributed by atoms with Gasteiger partial charge in [-0.05, 0) is 55.9 Å². The van der Waals surface area contributed by atoms with Crippen LogP contribution in [0.4, 0.5) is 5.69 Å². The highest BCUT2D eigenvalue weighted by molar-refractivity contribution is 5.82. The molecule has 3 aliphatic rings. The number of fused-ring (bicyclic) bond motifs is 1. The summed E-state index contributed by atoms with van der Waals surface area (Å²) in [7, 11) is 3.61. The van der Waals surface area contributed by atoms with Gasteiger partial charge in [0.25, 0.3) is 0 Å². The predicted molar refractivity (Wildman–Crippen MR) is 161 cm³/mol. The van der Waals surface area contributed by atoms with E-state index in [9.17, 15) is 4.79 Å². The molecule has 9 nitrogen and oxygen atoms in total. The predicted octanol–water partition coefficient (Wildman–Crippen LogP) is 3.36. The van der Waals surface area contributed by atoms with E-state index >= 15 is 0 Å². The third kappa shape index (κ3) is 5.48. The second-order valence-corrected chi connectivity index (χ2v) is 12.1. The van der Waals surface area contributed by atoms with Gasteiger partial charge in [0.1, 0.15) is 0 Å². The van der Waals surface area contributed by atoms with Crippen LogP contribution in [0.3, 0.4) is 0 Å². The van der Waals surface area contributed by atoms with Crippen molar-refractivity contribution in [3.8, 4) is 11.1 Å². The van der Waals surface area contributed by atoms with Gasteiger partial charge in [-0.1, -0.05) is 24.3 Å². The summed E-state index contributed by atoms with van der Waals surface area (Å²) in [6.45, 7) is 8.11. The van der Waals surface area contributed by atoms with Crippen molar-refractivity contribution in [1.82, 2.24) is 19.4 Å². The first-order chi connectivity index (χ1) is 19.9. The molecule has 3 fully saturated rings. The Morgan fingerprint density at radius 1 is 1.02 bits per heavy atom. The molecule has 3 aromatic rings. The molecular weight excluding hydrogens is 516 g/mol. The molecule has 0 unspecified atom stereocenters. The fourth-order valence-corrected chi connectivity index (χ4v) is 6.96. The summed E-state index contributed by atoms with van der Waals surface area (Å²) in [6.07, 6.45) is 7.56. The van der Waals surface area contributed by atoms with E-state index in [1.54, 1.807) is 7.11 Å². The number of methoxy groups -OCH3 is 2. The largest absolute Gasteiger partial charge is 0.383 e. The highest BCUT2D eigenvalue weighted by Crippen LogP contribution is 2.38. The Kier molecular flexibility index (Phi) is 8.05. The van der Waals surface area contributed by atoms with Crippen molar-refractivity contribution >= 4 is 17.1 Å². The van der Waals surface area contributed by atoms with E-state index in [0.29, 0.717) is 6.04 Å². The van der Waals surface area contributed by atoms with Gasteiger partial charge in [-0.3, -0.25) is 9.69 Å². The molecule has 2 N–H and O–H groups in total. The van der Waals surface area contributed by atoms with Crippen LogP contribution in [0.25, 0.3) is 16.6 Å². The van der Waals surface area contributed by atoms with Crippen LogP contribution >= 0.6 is 0 Å². The number of piperidine rings is 1. The summed E-state index contributed by atoms with van der Waals surface area (Å²) >= 11 is 0. The Labute approximate surface area is 243 Å². The monoisotopic (exact) mass is 560 g/mol. The molecular formula is C32H44N6O3. The standard InChI is InChI=1S/C32H44N6O3/c1-23(22-40-2)35-12-9-32(41-3,10-13-35)27-6-4-24(5-7-27)26-20-30-29(8-11-34-38(30)21-26)36-14-16-37(17-15-36)31(39)25-18-28(33)19-25/h4-8,11,20-21,23,25,28H,9-10,12-19,22,33H2,1-3H3/t23-,25?,28?/m0/s1. The van der Waals surface area contributed by atoms with Crippen LogP contribution in [-0.2, 0) is 19.9 Å². The van der Waals surface area contributed by atoms with E-state index in [4.69, 9.17) is 15.2 Å². The fourth-order valence-electron chi connectivity index (χ4n) is 6.96. The lowest BCUT2D eigenvalue weighted by Crippen LogP contribution is -2.53. The van der Waals surface area contributed by atoms with Crippen LogP contribution in [0.15, 0.2) is 48.8 Å². The minimum Gasteiger partial charge on any atom is -0.383 e. The maximum absolute atomic E-state index is 12.8. The Morgan fingerprint density at radius 2 is 1.73 bits per heavy atom. The lowest BCUT2D eigenvalue weighted by Gasteiger charge is -2.43. The lowest BCUT2D eigenvalue weighted by molar-refractivity contribution is -0.139. The highest BCUT2D eigenvalue weighted by Gasteiger charge is 2.38. The van der Waals surface area contributed by atoms with Gasteiger partial charge in [0.05, 0.1) is 23.4 Å². The first-order valence-electron chi connectivity index (χ1n) is 15.1. The molecule has 4 heterocycles. The number of rotatable bonds is 8. The van der Waals surface area contributed by atoms with Gasteiger partial charge in [-0.15, -0.1) is 0 Å². The maximum Gasteiger partial charge on any atom is 0.225 e. The molecule has 2 aromatic heterocycles. The van der Waals surface area contributed by atoms with E-state index in [2.05, 4.69) is 64.4 Å². The van der Waals surface area contributed by atoms with Crippen molar-refractivity contribution in [2.45, 2.75) is 50.3 Å². The molecule has 6 rings (SSSR count). The zero-order valence-corrected chi connectivity index (χ0v) is 24.7. The van der Waals surface area contributed by atoms with Crippen LogP contribution < -0.4 is 10.6 Å². The number of nitrogens with two attached hydrogens (primary N) is 1. The number of anilines is 1. The lowest BCUT2D eigenvalue weighted by atomic mass is 9.80. The van der Waals surface area contributed by atoms with Crippen molar-refractivity contribution in [3.05, 3.63) is 54.4 Å². The number of hydrogen-bond acceptors (Lipinski definition) is 7. The summed E-state index contributed by atoms with van der Waals surface area (Å²) in [4.78, 5) is 19.7. The number of benzene rings is 1. The number of piperazine rings is 1. The molecule has 0 spiro atoms. The molecule has 1 amide bonds.